The molecule has 1 saturated carbocycles. The van der Waals surface area contributed by atoms with Gasteiger partial charge in [-0.25, -0.2) is 9.97 Å². The van der Waals surface area contributed by atoms with E-state index in [1.807, 2.05) is 12.3 Å². The molecule has 136 valence electrons. The van der Waals surface area contributed by atoms with Gasteiger partial charge < -0.3 is 16.0 Å². The summed E-state index contributed by atoms with van der Waals surface area (Å²) in [5.41, 5.74) is 16.1. The van der Waals surface area contributed by atoms with Gasteiger partial charge in [0.2, 0.25) is 5.95 Å². The standard InChI is InChI=1S/C19H24N6S/c1-19(2,3)25-15-8-11(4-7-14(15)23-18(25)21)12-9-16(17(20)22-10-12)26-24-13-5-6-13/h4,7-10,13,24H,5-6H2,1-3H3,(H2,20,22)(H2,21,23). The van der Waals surface area contributed by atoms with Crippen LogP contribution in [0.1, 0.15) is 33.6 Å². The van der Waals surface area contributed by atoms with E-state index < -0.39 is 0 Å². The summed E-state index contributed by atoms with van der Waals surface area (Å²) in [7, 11) is 0. The van der Waals surface area contributed by atoms with E-state index in [1.165, 1.54) is 12.8 Å². The average molecular weight is 369 g/mol. The van der Waals surface area contributed by atoms with Gasteiger partial charge in [-0.15, -0.1) is 0 Å². The van der Waals surface area contributed by atoms with Gasteiger partial charge in [0.25, 0.3) is 0 Å². The number of hydrogen-bond donors (Lipinski definition) is 3. The number of pyridine rings is 1. The average Bonchev–Trinajstić information content (AvgIpc) is 3.33. The van der Waals surface area contributed by atoms with Crippen molar-refractivity contribution >= 4 is 34.7 Å². The number of aromatic nitrogens is 3. The van der Waals surface area contributed by atoms with Gasteiger partial charge in [0.1, 0.15) is 5.82 Å². The first-order valence-electron chi connectivity index (χ1n) is 8.79. The Balaban J connectivity index is 1.75. The molecule has 1 aromatic carbocycles. The summed E-state index contributed by atoms with van der Waals surface area (Å²) in [6.45, 7) is 6.38. The minimum atomic E-state index is -0.147. The molecule has 0 spiro atoms. The van der Waals surface area contributed by atoms with Crippen LogP contribution in [0.4, 0.5) is 11.8 Å². The monoisotopic (exact) mass is 368 g/mol. The zero-order chi connectivity index (χ0) is 18.5. The molecule has 0 bridgehead atoms. The highest BCUT2D eigenvalue weighted by Gasteiger charge is 2.22. The van der Waals surface area contributed by atoms with Crippen molar-refractivity contribution in [1.82, 2.24) is 19.3 Å². The first kappa shape index (κ1) is 17.2. The van der Waals surface area contributed by atoms with E-state index >= 15 is 0 Å². The highest BCUT2D eigenvalue weighted by Crippen LogP contribution is 2.33. The van der Waals surface area contributed by atoms with Crippen LogP contribution in [0.25, 0.3) is 22.2 Å². The second kappa shape index (κ2) is 6.17. The molecule has 1 aliphatic carbocycles. The molecule has 6 nitrogen and oxygen atoms in total. The Morgan fingerprint density at radius 3 is 2.62 bits per heavy atom. The van der Waals surface area contributed by atoms with Crippen molar-refractivity contribution in [2.45, 2.75) is 50.1 Å². The van der Waals surface area contributed by atoms with Crippen LogP contribution in [0, 0.1) is 0 Å². The maximum atomic E-state index is 6.16. The van der Waals surface area contributed by atoms with Gasteiger partial charge in [-0.2, -0.15) is 0 Å². The van der Waals surface area contributed by atoms with Crippen LogP contribution in [0.5, 0.6) is 0 Å². The Hall–Kier alpha value is -2.25. The Bertz CT molecular complexity index is 968. The molecule has 7 heteroatoms. The molecule has 5 N–H and O–H groups in total. The van der Waals surface area contributed by atoms with Crippen molar-refractivity contribution in [2.75, 3.05) is 11.5 Å². The smallest absolute Gasteiger partial charge is 0.201 e. The van der Waals surface area contributed by atoms with Crippen LogP contribution in [-0.2, 0) is 5.54 Å². The summed E-state index contributed by atoms with van der Waals surface area (Å²) in [6.07, 6.45) is 4.28. The number of anilines is 2. The predicted molar refractivity (Wildman–Crippen MR) is 109 cm³/mol. The number of imidazole rings is 1. The second-order valence-corrected chi connectivity index (χ2v) is 8.66. The van der Waals surface area contributed by atoms with Crippen LogP contribution in [0.3, 0.4) is 0 Å². The van der Waals surface area contributed by atoms with Gasteiger partial charge >= 0.3 is 0 Å². The molecular weight excluding hydrogens is 344 g/mol. The van der Waals surface area contributed by atoms with Gasteiger partial charge in [-0.1, -0.05) is 6.07 Å². The molecule has 0 unspecified atom stereocenters. The van der Waals surface area contributed by atoms with Crippen molar-refractivity contribution in [2.24, 2.45) is 0 Å². The fourth-order valence-electron chi connectivity index (χ4n) is 3.02. The van der Waals surface area contributed by atoms with Crippen LogP contribution in [0.2, 0.25) is 0 Å². The SMILES string of the molecule is CC(C)(C)n1c(N)nc2ccc(-c3cnc(N)c(SNC4CC4)c3)cc21. The molecular formula is C19H24N6S. The summed E-state index contributed by atoms with van der Waals surface area (Å²) in [4.78, 5) is 9.83. The molecule has 2 heterocycles. The first-order valence-corrected chi connectivity index (χ1v) is 9.61. The van der Waals surface area contributed by atoms with E-state index in [1.54, 1.807) is 11.9 Å². The molecule has 3 aromatic rings. The highest BCUT2D eigenvalue weighted by molar-refractivity contribution is 7.97. The van der Waals surface area contributed by atoms with Crippen LogP contribution >= 0.6 is 11.9 Å². The Kier molecular flexibility index (Phi) is 4.08. The molecule has 26 heavy (non-hydrogen) atoms. The lowest BCUT2D eigenvalue weighted by Crippen LogP contribution is -2.23. The van der Waals surface area contributed by atoms with Crippen LogP contribution in [-0.4, -0.2) is 20.6 Å². The number of nitrogens with zero attached hydrogens (tertiary/aromatic N) is 3. The molecule has 0 amide bonds. The van der Waals surface area contributed by atoms with Crippen molar-refractivity contribution in [3.63, 3.8) is 0 Å². The molecule has 0 saturated heterocycles. The fraction of sp³-hybridized carbons (Fsp3) is 0.368. The molecule has 0 radical (unpaired) electrons. The summed E-state index contributed by atoms with van der Waals surface area (Å²) in [6, 6.07) is 8.88. The molecule has 4 rings (SSSR count). The number of nitrogen functional groups attached to an aromatic ring is 2. The third kappa shape index (κ3) is 3.24. The van der Waals surface area contributed by atoms with E-state index in [4.69, 9.17) is 11.5 Å². The van der Waals surface area contributed by atoms with Gasteiger partial charge in [0.15, 0.2) is 0 Å². The van der Waals surface area contributed by atoms with Gasteiger partial charge in [-0.3, -0.25) is 4.72 Å². The minimum absolute atomic E-state index is 0.147. The third-order valence-electron chi connectivity index (χ3n) is 4.48. The maximum absolute atomic E-state index is 6.16. The van der Waals surface area contributed by atoms with Crippen molar-refractivity contribution in [3.8, 4) is 11.1 Å². The number of hydrogen-bond acceptors (Lipinski definition) is 6. The Morgan fingerprint density at radius 2 is 1.92 bits per heavy atom. The largest absolute Gasteiger partial charge is 0.383 e. The molecule has 0 atom stereocenters. The van der Waals surface area contributed by atoms with Crippen molar-refractivity contribution in [3.05, 3.63) is 30.5 Å². The number of rotatable bonds is 4. The number of benzene rings is 1. The quantitative estimate of drug-likeness (QED) is 0.607. The lowest BCUT2D eigenvalue weighted by Gasteiger charge is -2.23. The van der Waals surface area contributed by atoms with Gasteiger partial charge in [0, 0.05) is 23.3 Å². The molecule has 2 aromatic heterocycles. The van der Waals surface area contributed by atoms with Crippen LogP contribution in [0.15, 0.2) is 35.4 Å². The predicted octanol–water partition coefficient (Wildman–Crippen LogP) is 3.78. The normalized spacial score (nSPS) is 14.9. The zero-order valence-corrected chi connectivity index (χ0v) is 16.1. The first-order chi connectivity index (χ1) is 12.3. The van der Waals surface area contributed by atoms with Crippen LogP contribution < -0.4 is 16.2 Å². The number of nitrogens with one attached hydrogen (secondary N) is 1. The lowest BCUT2D eigenvalue weighted by atomic mass is 10.1. The fourth-order valence-corrected chi connectivity index (χ4v) is 3.89. The number of fused-ring (bicyclic) bond motifs is 1. The second-order valence-electron chi connectivity index (χ2n) is 7.78. The van der Waals surface area contributed by atoms with E-state index in [0.29, 0.717) is 17.8 Å². The van der Waals surface area contributed by atoms with Gasteiger partial charge in [0.05, 0.1) is 15.9 Å². The summed E-state index contributed by atoms with van der Waals surface area (Å²) in [5.74, 6) is 1.09. The Morgan fingerprint density at radius 1 is 1.15 bits per heavy atom. The van der Waals surface area contributed by atoms with E-state index in [9.17, 15) is 0 Å². The number of nitrogens with two attached hydrogens (primary N) is 2. The van der Waals surface area contributed by atoms with E-state index in [-0.39, 0.29) is 5.54 Å². The summed E-state index contributed by atoms with van der Waals surface area (Å²) >= 11 is 1.57. The maximum Gasteiger partial charge on any atom is 0.201 e. The topological polar surface area (TPSA) is 94.8 Å². The van der Waals surface area contributed by atoms with Gasteiger partial charge in [-0.05, 0) is 69.3 Å². The molecule has 0 aliphatic heterocycles. The lowest BCUT2D eigenvalue weighted by molar-refractivity contribution is 0.414. The molecule has 1 fully saturated rings. The Labute approximate surface area is 157 Å². The van der Waals surface area contributed by atoms with E-state index in [2.05, 4.69) is 58.2 Å². The summed E-state index contributed by atoms with van der Waals surface area (Å²) < 4.78 is 5.49. The third-order valence-corrected chi connectivity index (χ3v) is 5.48. The summed E-state index contributed by atoms with van der Waals surface area (Å²) in [5, 5.41) is 0. The highest BCUT2D eigenvalue weighted by atomic mass is 32.2. The van der Waals surface area contributed by atoms with Crippen molar-refractivity contribution in [1.29, 1.82) is 0 Å². The van der Waals surface area contributed by atoms with E-state index in [0.717, 1.165) is 27.1 Å². The molecule has 1 aliphatic rings. The van der Waals surface area contributed by atoms with Crippen molar-refractivity contribution < 1.29 is 0 Å². The zero-order valence-electron chi connectivity index (χ0n) is 15.3. The minimum Gasteiger partial charge on any atom is -0.383 e.